The number of carbonyl (C=O) groups excluding carboxylic acids is 3. The number of halogens is 2. The van der Waals surface area contributed by atoms with Crippen molar-refractivity contribution in [3.8, 4) is 5.69 Å². The van der Waals surface area contributed by atoms with E-state index in [9.17, 15) is 23.9 Å². The van der Waals surface area contributed by atoms with Crippen LogP contribution in [0.15, 0.2) is 48.8 Å². The lowest BCUT2D eigenvalue weighted by Gasteiger charge is -2.18. The largest absolute Gasteiger partial charge is 0.389 e. The van der Waals surface area contributed by atoms with Gasteiger partial charge in [-0.1, -0.05) is 11.6 Å². The summed E-state index contributed by atoms with van der Waals surface area (Å²) in [5.74, 6) is -2.62. The van der Waals surface area contributed by atoms with Gasteiger partial charge in [0.25, 0.3) is 17.7 Å². The molecule has 0 aliphatic heterocycles. The van der Waals surface area contributed by atoms with Crippen LogP contribution in [0, 0.1) is 5.82 Å². The number of amides is 3. The molecule has 9 nitrogen and oxygen atoms in total. The molecule has 11 heteroatoms. The predicted molar refractivity (Wildman–Crippen MR) is 120 cm³/mol. The van der Waals surface area contributed by atoms with Gasteiger partial charge >= 0.3 is 0 Å². The predicted octanol–water partition coefficient (Wildman–Crippen LogP) is 2.52. The summed E-state index contributed by atoms with van der Waals surface area (Å²) in [4.78, 5) is 40.8. The zero-order valence-corrected chi connectivity index (χ0v) is 18.5. The van der Waals surface area contributed by atoms with Crippen molar-refractivity contribution in [3.63, 3.8) is 0 Å². The van der Waals surface area contributed by atoms with Crippen LogP contribution in [0.1, 0.15) is 45.2 Å². The summed E-state index contributed by atoms with van der Waals surface area (Å²) in [6.07, 6.45) is 1.27. The minimum atomic E-state index is -1.17. The molecule has 0 radical (unpaired) electrons. The van der Waals surface area contributed by atoms with Gasteiger partial charge in [0, 0.05) is 17.9 Å². The second-order valence-corrected chi connectivity index (χ2v) is 8.20. The van der Waals surface area contributed by atoms with Gasteiger partial charge < -0.3 is 21.5 Å². The summed E-state index contributed by atoms with van der Waals surface area (Å²) in [7, 11) is 0. The lowest BCUT2D eigenvalue weighted by atomic mass is 10.1. The van der Waals surface area contributed by atoms with Crippen LogP contribution in [0.4, 0.5) is 10.1 Å². The average molecular weight is 474 g/mol. The topological polar surface area (TPSA) is 139 Å². The Hall–Kier alpha value is -3.76. The van der Waals surface area contributed by atoms with E-state index in [1.807, 2.05) is 0 Å². The summed E-state index contributed by atoms with van der Waals surface area (Å²) in [5, 5.41) is 15.0. The molecule has 0 aliphatic rings. The van der Waals surface area contributed by atoms with Crippen molar-refractivity contribution in [2.45, 2.75) is 19.4 Å². The molecule has 0 fully saturated rings. The van der Waals surface area contributed by atoms with E-state index < -0.39 is 29.1 Å². The van der Waals surface area contributed by atoms with E-state index in [4.69, 9.17) is 17.3 Å². The zero-order valence-electron chi connectivity index (χ0n) is 17.7. The van der Waals surface area contributed by atoms with E-state index in [-0.39, 0.29) is 28.5 Å². The van der Waals surface area contributed by atoms with Gasteiger partial charge in [-0.15, -0.1) is 0 Å². The van der Waals surface area contributed by atoms with Crippen molar-refractivity contribution >= 4 is 35.0 Å². The first kappa shape index (κ1) is 23.9. The minimum absolute atomic E-state index is 0.0248. The first-order valence-corrected chi connectivity index (χ1v) is 10.1. The van der Waals surface area contributed by atoms with Gasteiger partial charge in [0.1, 0.15) is 17.8 Å². The summed E-state index contributed by atoms with van der Waals surface area (Å²) in [5.41, 5.74) is 4.84. The van der Waals surface area contributed by atoms with Gasteiger partial charge in [-0.2, -0.15) is 0 Å². The van der Waals surface area contributed by atoms with E-state index in [0.29, 0.717) is 11.4 Å². The maximum absolute atomic E-state index is 13.2. The number of carbonyl (C=O) groups is 3. The Kier molecular flexibility index (Phi) is 6.80. The van der Waals surface area contributed by atoms with Crippen LogP contribution >= 0.6 is 11.6 Å². The summed E-state index contributed by atoms with van der Waals surface area (Å²) < 4.78 is 14.6. The van der Waals surface area contributed by atoms with Crippen molar-refractivity contribution in [1.82, 2.24) is 14.9 Å². The third-order valence-corrected chi connectivity index (χ3v) is 4.79. The van der Waals surface area contributed by atoms with E-state index in [0.717, 1.165) is 12.1 Å². The molecule has 1 heterocycles. The van der Waals surface area contributed by atoms with Crippen molar-refractivity contribution < 1.29 is 23.9 Å². The molecule has 5 N–H and O–H groups in total. The fraction of sp³-hybridized carbons (Fsp3) is 0.182. The van der Waals surface area contributed by atoms with Crippen molar-refractivity contribution in [1.29, 1.82) is 0 Å². The summed E-state index contributed by atoms with van der Waals surface area (Å²) in [6, 6.07) is 9.74. The number of hydrogen-bond donors (Lipinski definition) is 4. The summed E-state index contributed by atoms with van der Waals surface area (Å²) in [6.45, 7) is 2.98. The Balaban J connectivity index is 1.85. The third kappa shape index (κ3) is 5.73. The molecule has 3 rings (SSSR count). The molecule has 0 spiro atoms. The molecule has 0 unspecified atom stereocenters. The fourth-order valence-electron chi connectivity index (χ4n) is 2.90. The summed E-state index contributed by atoms with van der Waals surface area (Å²) >= 11 is 5.92. The van der Waals surface area contributed by atoms with Crippen LogP contribution < -0.4 is 16.4 Å². The Morgan fingerprint density at radius 3 is 2.39 bits per heavy atom. The maximum Gasteiger partial charge on any atom is 0.270 e. The highest BCUT2D eigenvalue weighted by atomic mass is 35.5. The molecule has 0 aliphatic carbocycles. The quantitative estimate of drug-likeness (QED) is 0.417. The number of hydrogen-bond acceptors (Lipinski definition) is 5. The van der Waals surface area contributed by atoms with Gasteiger partial charge in [-0.05, 0) is 56.3 Å². The third-order valence-electron chi connectivity index (χ3n) is 4.48. The van der Waals surface area contributed by atoms with Gasteiger partial charge in [0.05, 0.1) is 16.2 Å². The van der Waals surface area contributed by atoms with Crippen LogP contribution in [-0.2, 0) is 0 Å². The van der Waals surface area contributed by atoms with E-state index in [1.165, 1.54) is 30.8 Å². The average Bonchev–Trinajstić information content (AvgIpc) is 3.17. The van der Waals surface area contributed by atoms with Gasteiger partial charge in [0.2, 0.25) is 0 Å². The Bertz CT molecular complexity index is 1220. The first-order valence-electron chi connectivity index (χ1n) is 9.71. The fourth-order valence-corrected chi connectivity index (χ4v) is 3.15. The van der Waals surface area contributed by atoms with Crippen LogP contribution in [0.25, 0.3) is 5.69 Å². The lowest BCUT2D eigenvalue weighted by molar-refractivity contribution is 0.0690. The SMILES string of the molecule is CC(C)(O)CNC(=O)c1c(C(N)=O)ncn1-c1ccc(NC(=O)c2ccc(F)cc2Cl)cc1. The molecule has 3 aromatic rings. The van der Waals surface area contributed by atoms with Gasteiger partial charge in [-0.3, -0.25) is 19.0 Å². The number of anilines is 1. The van der Waals surface area contributed by atoms with Crippen LogP contribution in [0.5, 0.6) is 0 Å². The van der Waals surface area contributed by atoms with E-state index in [2.05, 4.69) is 15.6 Å². The van der Waals surface area contributed by atoms with E-state index in [1.54, 1.807) is 24.3 Å². The van der Waals surface area contributed by atoms with E-state index >= 15 is 0 Å². The second-order valence-electron chi connectivity index (χ2n) is 7.80. The number of primary amides is 1. The van der Waals surface area contributed by atoms with Crippen molar-refractivity contribution in [2.75, 3.05) is 11.9 Å². The van der Waals surface area contributed by atoms with Crippen LogP contribution in [0.2, 0.25) is 5.02 Å². The molecule has 0 saturated heterocycles. The molecule has 33 heavy (non-hydrogen) atoms. The standard InChI is InChI=1S/C22H21ClFN5O4/c1-22(2,33)10-26-21(32)18-17(19(25)30)27-11-29(18)14-6-4-13(5-7-14)28-20(31)15-8-3-12(24)9-16(15)23/h3-9,11,33H,10H2,1-2H3,(H2,25,30)(H,26,32)(H,28,31). The number of nitrogens with one attached hydrogen (secondary N) is 2. The Labute approximate surface area is 193 Å². The molecular formula is C22H21ClFN5O4. The molecule has 172 valence electrons. The Morgan fingerprint density at radius 2 is 1.82 bits per heavy atom. The number of aromatic nitrogens is 2. The number of nitrogens with zero attached hydrogens (tertiary/aromatic N) is 2. The number of rotatable bonds is 7. The smallest absolute Gasteiger partial charge is 0.270 e. The number of nitrogens with two attached hydrogens (primary N) is 1. The monoisotopic (exact) mass is 473 g/mol. The number of aliphatic hydroxyl groups is 1. The Morgan fingerprint density at radius 1 is 1.15 bits per heavy atom. The number of benzene rings is 2. The zero-order chi connectivity index (χ0) is 24.3. The van der Waals surface area contributed by atoms with Crippen LogP contribution in [-0.4, -0.2) is 44.5 Å². The van der Waals surface area contributed by atoms with Crippen LogP contribution in [0.3, 0.4) is 0 Å². The molecule has 3 amide bonds. The number of imidazole rings is 1. The highest BCUT2D eigenvalue weighted by Crippen LogP contribution is 2.21. The normalized spacial score (nSPS) is 11.2. The molecule has 0 atom stereocenters. The maximum atomic E-state index is 13.2. The van der Waals surface area contributed by atoms with Crippen molar-refractivity contribution in [2.24, 2.45) is 5.73 Å². The molecule has 1 aromatic heterocycles. The second kappa shape index (κ2) is 9.39. The lowest BCUT2D eigenvalue weighted by Crippen LogP contribution is -2.39. The van der Waals surface area contributed by atoms with Gasteiger partial charge in [-0.25, -0.2) is 9.37 Å². The minimum Gasteiger partial charge on any atom is -0.389 e. The van der Waals surface area contributed by atoms with Gasteiger partial charge in [0.15, 0.2) is 5.69 Å². The molecule has 0 saturated carbocycles. The molecule has 0 bridgehead atoms. The molecule has 2 aromatic carbocycles. The highest BCUT2D eigenvalue weighted by Gasteiger charge is 2.25. The molecular weight excluding hydrogens is 453 g/mol. The highest BCUT2D eigenvalue weighted by molar-refractivity contribution is 6.34. The van der Waals surface area contributed by atoms with Crippen molar-refractivity contribution in [3.05, 3.63) is 76.6 Å². The first-order chi connectivity index (χ1) is 15.5.